The maximum absolute atomic E-state index is 10.1. The highest BCUT2D eigenvalue weighted by Crippen LogP contribution is 2.27. The van der Waals surface area contributed by atoms with E-state index in [0.29, 0.717) is 19.2 Å². The first kappa shape index (κ1) is 14.8. The molecule has 0 aliphatic carbocycles. The van der Waals surface area contributed by atoms with E-state index in [0.717, 1.165) is 18.2 Å². The van der Waals surface area contributed by atoms with Crippen molar-refractivity contribution in [3.63, 3.8) is 0 Å². The second-order valence-electron chi connectivity index (χ2n) is 6.43. The van der Waals surface area contributed by atoms with Crippen LogP contribution in [-0.4, -0.2) is 54.9 Å². The molecule has 4 rings (SSSR count). The summed E-state index contributed by atoms with van der Waals surface area (Å²) in [4.78, 5) is 2.52. The van der Waals surface area contributed by atoms with Crippen LogP contribution in [0.1, 0.15) is 18.4 Å². The first-order valence-electron chi connectivity index (χ1n) is 8.04. The minimum atomic E-state index is -0.457. The van der Waals surface area contributed by atoms with Crippen molar-refractivity contribution >= 4 is 0 Å². The topological polar surface area (TPSA) is 44.7 Å². The molecular formula is C17H26N2O2. The zero-order valence-corrected chi connectivity index (χ0v) is 12.8. The van der Waals surface area contributed by atoms with Crippen molar-refractivity contribution in [3.05, 3.63) is 29.8 Å². The largest absolute Gasteiger partial charge is 0.491 e. The summed E-state index contributed by atoms with van der Waals surface area (Å²) in [5.74, 6) is 1.61. The van der Waals surface area contributed by atoms with Gasteiger partial charge in [-0.2, -0.15) is 0 Å². The fourth-order valence-electron chi connectivity index (χ4n) is 3.37. The van der Waals surface area contributed by atoms with Gasteiger partial charge in [0.05, 0.1) is 0 Å². The molecule has 4 nitrogen and oxygen atoms in total. The van der Waals surface area contributed by atoms with Gasteiger partial charge in [0.25, 0.3) is 0 Å². The Hall–Kier alpha value is -1.10. The number of nitrogens with zero attached hydrogens (tertiary/aromatic N) is 1. The van der Waals surface area contributed by atoms with Gasteiger partial charge in [0.1, 0.15) is 18.5 Å². The van der Waals surface area contributed by atoms with Gasteiger partial charge in [-0.3, -0.25) is 0 Å². The van der Waals surface area contributed by atoms with Crippen molar-refractivity contribution in [2.24, 2.45) is 5.92 Å². The van der Waals surface area contributed by atoms with E-state index < -0.39 is 6.10 Å². The van der Waals surface area contributed by atoms with E-state index >= 15 is 0 Å². The Kier molecular flexibility index (Phi) is 4.78. The van der Waals surface area contributed by atoms with Crippen molar-refractivity contribution in [2.75, 3.05) is 32.8 Å². The number of rotatable bonds is 6. The quantitative estimate of drug-likeness (QED) is 0.832. The predicted octanol–water partition coefficient (Wildman–Crippen LogP) is 1.42. The van der Waals surface area contributed by atoms with Gasteiger partial charge in [-0.1, -0.05) is 17.7 Å². The van der Waals surface area contributed by atoms with Gasteiger partial charge in [-0.05, 0) is 50.9 Å². The summed E-state index contributed by atoms with van der Waals surface area (Å²) >= 11 is 0. The van der Waals surface area contributed by atoms with Crippen LogP contribution in [0.3, 0.4) is 0 Å². The van der Waals surface area contributed by atoms with Gasteiger partial charge in [-0.15, -0.1) is 0 Å². The summed E-state index contributed by atoms with van der Waals surface area (Å²) in [6, 6.07) is 8.48. The first-order chi connectivity index (χ1) is 10.2. The fraction of sp³-hybridized carbons (Fsp3) is 0.647. The third-order valence-corrected chi connectivity index (χ3v) is 4.74. The van der Waals surface area contributed by atoms with Gasteiger partial charge >= 0.3 is 0 Å². The standard InChI is InChI=1S/C17H26N2O2/c1-13-2-4-16(5-3-13)21-12-15(20)10-18-17-11-19-8-6-14(17)7-9-19/h2-5,14-15,17-18,20H,6-12H2,1H3. The second kappa shape index (κ2) is 6.77. The average Bonchev–Trinajstić information content (AvgIpc) is 2.53. The summed E-state index contributed by atoms with van der Waals surface area (Å²) < 4.78 is 5.62. The van der Waals surface area contributed by atoms with Crippen LogP contribution < -0.4 is 10.1 Å². The van der Waals surface area contributed by atoms with Crippen LogP contribution in [0, 0.1) is 12.8 Å². The number of aryl methyl sites for hydroxylation is 1. The SMILES string of the molecule is Cc1ccc(OCC(O)CNC2CN3CCC2CC3)cc1. The molecule has 1 aromatic carbocycles. The molecule has 2 N–H and O–H groups in total. The molecule has 3 fully saturated rings. The number of ether oxygens (including phenoxy) is 1. The van der Waals surface area contributed by atoms with E-state index in [-0.39, 0.29) is 0 Å². The number of piperidine rings is 3. The minimum absolute atomic E-state index is 0.344. The molecule has 0 spiro atoms. The van der Waals surface area contributed by atoms with Gasteiger partial charge in [-0.25, -0.2) is 0 Å². The lowest BCUT2D eigenvalue weighted by atomic mass is 9.84. The molecule has 0 aromatic heterocycles. The Labute approximate surface area is 127 Å². The van der Waals surface area contributed by atoms with Gasteiger partial charge in [0, 0.05) is 19.1 Å². The zero-order valence-electron chi connectivity index (χ0n) is 12.8. The predicted molar refractivity (Wildman–Crippen MR) is 83.6 cm³/mol. The van der Waals surface area contributed by atoms with Crippen molar-refractivity contribution in [1.82, 2.24) is 10.2 Å². The number of fused-ring (bicyclic) bond motifs is 3. The van der Waals surface area contributed by atoms with E-state index in [1.54, 1.807) is 0 Å². The molecule has 116 valence electrons. The van der Waals surface area contributed by atoms with E-state index in [4.69, 9.17) is 4.74 Å². The Morgan fingerprint density at radius 3 is 2.62 bits per heavy atom. The van der Waals surface area contributed by atoms with Crippen LogP contribution in [0.4, 0.5) is 0 Å². The summed E-state index contributed by atoms with van der Waals surface area (Å²) in [5, 5.41) is 13.6. The molecule has 2 unspecified atom stereocenters. The maximum Gasteiger partial charge on any atom is 0.119 e. The van der Waals surface area contributed by atoms with Crippen molar-refractivity contribution in [3.8, 4) is 5.75 Å². The Morgan fingerprint density at radius 1 is 1.29 bits per heavy atom. The highest BCUT2D eigenvalue weighted by Gasteiger charge is 2.33. The fourth-order valence-corrected chi connectivity index (χ4v) is 3.37. The van der Waals surface area contributed by atoms with E-state index in [1.165, 1.54) is 31.5 Å². The molecule has 3 aliphatic rings. The highest BCUT2D eigenvalue weighted by atomic mass is 16.5. The normalized spacial score (nSPS) is 29.3. The van der Waals surface area contributed by atoms with Crippen molar-refractivity contribution in [2.45, 2.75) is 31.9 Å². The van der Waals surface area contributed by atoms with E-state index in [2.05, 4.69) is 17.1 Å². The highest BCUT2D eigenvalue weighted by molar-refractivity contribution is 5.26. The molecular weight excluding hydrogens is 264 g/mol. The van der Waals surface area contributed by atoms with E-state index in [1.807, 2.05) is 24.3 Å². The molecule has 0 amide bonds. The summed E-state index contributed by atoms with van der Waals surface area (Å²) in [6.07, 6.45) is 2.14. The van der Waals surface area contributed by atoms with Crippen LogP contribution in [0.2, 0.25) is 0 Å². The molecule has 1 aromatic rings. The summed E-state index contributed by atoms with van der Waals surface area (Å²) in [5.41, 5.74) is 1.21. The average molecular weight is 290 g/mol. The molecule has 21 heavy (non-hydrogen) atoms. The smallest absolute Gasteiger partial charge is 0.119 e. The molecule has 3 aliphatic heterocycles. The van der Waals surface area contributed by atoms with Crippen LogP contribution in [0.25, 0.3) is 0 Å². The van der Waals surface area contributed by atoms with Crippen LogP contribution in [-0.2, 0) is 0 Å². The number of hydrogen-bond donors (Lipinski definition) is 2. The maximum atomic E-state index is 10.1. The molecule has 4 heteroatoms. The van der Waals surface area contributed by atoms with Crippen molar-refractivity contribution in [1.29, 1.82) is 0 Å². The lowest BCUT2D eigenvalue weighted by molar-refractivity contribution is 0.0551. The molecule has 3 heterocycles. The third kappa shape index (κ3) is 3.96. The Balaban J connectivity index is 1.38. The number of nitrogens with one attached hydrogen (secondary N) is 1. The second-order valence-corrected chi connectivity index (χ2v) is 6.43. The zero-order chi connectivity index (χ0) is 14.7. The van der Waals surface area contributed by atoms with Crippen LogP contribution in [0.15, 0.2) is 24.3 Å². The molecule has 3 saturated heterocycles. The van der Waals surface area contributed by atoms with Gasteiger partial charge in [0.2, 0.25) is 0 Å². The van der Waals surface area contributed by atoms with Crippen LogP contribution >= 0.6 is 0 Å². The van der Waals surface area contributed by atoms with E-state index in [9.17, 15) is 5.11 Å². The molecule has 0 saturated carbocycles. The summed E-state index contributed by atoms with van der Waals surface area (Å²) in [6.45, 7) is 6.65. The van der Waals surface area contributed by atoms with Crippen molar-refractivity contribution < 1.29 is 9.84 Å². The number of benzene rings is 1. The van der Waals surface area contributed by atoms with Crippen LogP contribution in [0.5, 0.6) is 5.75 Å². The molecule has 0 radical (unpaired) electrons. The van der Waals surface area contributed by atoms with Gasteiger partial charge in [0.15, 0.2) is 0 Å². The Morgan fingerprint density at radius 2 is 2.00 bits per heavy atom. The summed E-state index contributed by atoms with van der Waals surface area (Å²) in [7, 11) is 0. The monoisotopic (exact) mass is 290 g/mol. The minimum Gasteiger partial charge on any atom is -0.491 e. The van der Waals surface area contributed by atoms with Gasteiger partial charge < -0.3 is 20.1 Å². The lowest BCUT2D eigenvalue weighted by Gasteiger charge is -2.45. The lowest BCUT2D eigenvalue weighted by Crippen LogP contribution is -2.57. The number of aliphatic hydroxyl groups excluding tert-OH is 1. The number of aliphatic hydroxyl groups is 1. The number of hydrogen-bond acceptors (Lipinski definition) is 4. The molecule has 2 bridgehead atoms. The molecule has 2 atom stereocenters. The Bertz CT molecular complexity index is 441. The third-order valence-electron chi connectivity index (χ3n) is 4.74. The first-order valence-corrected chi connectivity index (χ1v) is 8.04.